The molecule has 2 amide bonds. The van der Waals surface area contributed by atoms with Gasteiger partial charge in [0, 0.05) is 19.4 Å². The predicted molar refractivity (Wildman–Crippen MR) is 343 cm³/mol. The summed E-state index contributed by atoms with van der Waals surface area (Å²) in [6, 6.07) is 0. The molecule has 0 aromatic heterocycles. The van der Waals surface area contributed by atoms with Gasteiger partial charge in [0.05, 0.1) is 363 Å². The number of nitrogens with one attached hydrogen (secondary N) is 1. The molecule has 0 aromatic rings. The standard InChI is InChI=1S/C63H122N2O30/c1-2-6-68-10-14-72-18-19-74-16-12-70-8-4-63(67)65-5-9-71-13-17-75-21-23-77-25-27-79-29-31-81-33-35-83-37-39-85-41-43-87-45-47-89-49-51-91-53-55-93-57-59-95-61-60-94-58-56-92-54-52-90-50-48-88-46-44-86-42-40-84-38-36-82-34-32-80-30-28-78-26-24-76-22-20-73-15-11-69-7-3-62(64)66/h1H,3-61H2,(H2,64,66)(H,65,67). The average molecular weight is 1390 g/mol. The van der Waals surface area contributed by atoms with Crippen LogP contribution in [0.3, 0.4) is 0 Å². The van der Waals surface area contributed by atoms with Crippen LogP contribution in [0.5, 0.6) is 0 Å². The highest BCUT2D eigenvalue weighted by Crippen LogP contribution is 1.93. The zero-order valence-corrected chi connectivity index (χ0v) is 57.1. The van der Waals surface area contributed by atoms with Crippen molar-refractivity contribution in [2.75, 3.05) is 377 Å². The van der Waals surface area contributed by atoms with E-state index >= 15 is 0 Å². The van der Waals surface area contributed by atoms with Crippen LogP contribution in [0, 0.1) is 12.3 Å². The van der Waals surface area contributed by atoms with Crippen molar-refractivity contribution in [3.05, 3.63) is 0 Å². The number of ether oxygens (including phenoxy) is 28. The van der Waals surface area contributed by atoms with E-state index in [1.807, 2.05) is 0 Å². The van der Waals surface area contributed by atoms with Gasteiger partial charge in [0.15, 0.2) is 0 Å². The normalized spacial score (nSPS) is 11.6. The van der Waals surface area contributed by atoms with Gasteiger partial charge in [-0.2, -0.15) is 0 Å². The van der Waals surface area contributed by atoms with Crippen LogP contribution in [0.2, 0.25) is 0 Å². The van der Waals surface area contributed by atoms with E-state index < -0.39 is 0 Å². The highest BCUT2D eigenvalue weighted by molar-refractivity contribution is 5.75. The first-order valence-corrected chi connectivity index (χ1v) is 33.3. The van der Waals surface area contributed by atoms with Crippen LogP contribution >= 0.6 is 0 Å². The molecule has 0 aliphatic carbocycles. The third kappa shape index (κ3) is 89.4. The highest BCUT2D eigenvalue weighted by Gasteiger charge is 2.04. The third-order valence-corrected chi connectivity index (χ3v) is 11.4. The van der Waals surface area contributed by atoms with E-state index in [-0.39, 0.29) is 31.3 Å². The number of terminal acetylenes is 1. The lowest BCUT2D eigenvalue weighted by molar-refractivity contribution is -0.122. The van der Waals surface area contributed by atoms with Gasteiger partial charge in [0.2, 0.25) is 11.8 Å². The Kier molecular flexibility index (Phi) is 85.1. The summed E-state index contributed by atoms with van der Waals surface area (Å²) >= 11 is 0. The van der Waals surface area contributed by atoms with Crippen LogP contribution in [0.15, 0.2) is 0 Å². The lowest BCUT2D eigenvalue weighted by Gasteiger charge is -2.09. The summed E-state index contributed by atoms with van der Waals surface area (Å²) in [5, 5.41) is 2.79. The number of nitrogens with two attached hydrogens (primary N) is 1. The fourth-order valence-electron chi connectivity index (χ4n) is 6.64. The minimum absolute atomic E-state index is 0.0991. The lowest BCUT2D eigenvalue weighted by Crippen LogP contribution is -2.28. The van der Waals surface area contributed by atoms with Crippen LogP contribution in [-0.4, -0.2) is 388 Å². The second-order valence-corrected chi connectivity index (χ2v) is 19.1. The Balaban J connectivity index is 3.11. The van der Waals surface area contributed by atoms with Crippen molar-refractivity contribution in [2.45, 2.75) is 12.8 Å². The molecule has 0 fully saturated rings. The van der Waals surface area contributed by atoms with Gasteiger partial charge in [0.1, 0.15) is 6.61 Å². The molecule has 564 valence electrons. The monoisotopic (exact) mass is 1390 g/mol. The Hall–Kier alpha value is -2.62. The van der Waals surface area contributed by atoms with Crippen molar-refractivity contribution in [1.82, 2.24) is 5.32 Å². The molecular formula is C63H122N2O30. The number of primary amides is 1. The number of hydrogen-bond donors (Lipinski definition) is 2. The Labute approximate surface area is 565 Å². The van der Waals surface area contributed by atoms with Gasteiger partial charge >= 0.3 is 0 Å². The zero-order valence-electron chi connectivity index (χ0n) is 57.1. The summed E-state index contributed by atoms with van der Waals surface area (Å²) in [7, 11) is 0. The number of rotatable bonds is 88. The molecule has 0 saturated heterocycles. The first-order valence-electron chi connectivity index (χ1n) is 33.3. The van der Waals surface area contributed by atoms with Crippen molar-refractivity contribution < 1.29 is 142 Å². The van der Waals surface area contributed by atoms with Crippen molar-refractivity contribution in [2.24, 2.45) is 5.73 Å². The van der Waals surface area contributed by atoms with Crippen LogP contribution < -0.4 is 11.1 Å². The van der Waals surface area contributed by atoms with E-state index in [9.17, 15) is 9.59 Å². The first kappa shape index (κ1) is 92.4. The van der Waals surface area contributed by atoms with Gasteiger partial charge in [-0.05, 0) is 0 Å². The van der Waals surface area contributed by atoms with E-state index in [2.05, 4.69) is 11.2 Å². The van der Waals surface area contributed by atoms with E-state index in [1.54, 1.807) is 0 Å². The topological polar surface area (TPSA) is 331 Å². The Morgan fingerprint density at radius 2 is 0.347 bits per heavy atom. The summed E-state index contributed by atoms with van der Waals surface area (Å²) in [5.41, 5.74) is 5.04. The van der Waals surface area contributed by atoms with Gasteiger partial charge in [-0.25, -0.2) is 0 Å². The van der Waals surface area contributed by atoms with E-state index in [1.165, 1.54) is 0 Å². The molecule has 0 bridgehead atoms. The van der Waals surface area contributed by atoms with Crippen molar-refractivity contribution in [3.63, 3.8) is 0 Å². The zero-order chi connectivity index (χ0) is 68.1. The SMILES string of the molecule is C#CCOCCOCCOCCOCCC(=O)NCCOCCOCCOCCOCCOCCOCCOCCOCCOCCOCCOCCOCCOCCOCCOCCOCCOCCOCCOCCOCCOCCOCCOCCOCCC(N)=O. The molecule has 3 N–H and O–H groups in total. The molecule has 0 heterocycles. The molecule has 0 radical (unpaired) electrons. The van der Waals surface area contributed by atoms with Crippen LogP contribution in [0.25, 0.3) is 0 Å². The molecule has 0 aromatic carbocycles. The first-order chi connectivity index (χ1) is 47.2. The molecular weight excluding hydrogens is 1260 g/mol. The van der Waals surface area contributed by atoms with Gasteiger partial charge in [-0.15, -0.1) is 6.42 Å². The molecule has 32 nitrogen and oxygen atoms in total. The van der Waals surface area contributed by atoms with Crippen LogP contribution in [-0.2, 0) is 142 Å². The third-order valence-electron chi connectivity index (χ3n) is 11.4. The number of amides is 2. The molecule has 0 aliphatic rings. The molecule has 95 heavy (non-hydrogen) atoms. The predicted octanol–water partition coefficient (Wildman–Crippen LogP) is -0.534. The highest BCUT2D eigenvalue weighted by atomic mass is 16.6. The molecule has 0 saturated carbocycles. The largest absolute Gasteiger partial charge is 0.379 e. The minimum Gasteiger partial charge on any atom is -0.379 e. The van der Waals surface area contributed by atoms with Gasteiger partial charge < -0.3 is 144 Å². The van der Waals surface area contributed by atoms with E-state index in [4.69, 9.17) is 145 Å². The molecule has 0 spiro atoms. The Bertz CT molecular complexity index is 1510. The quantitative estimate of drug-likeness (QED) is 0.0571. The number of hydrogen-bond acceptors (Lipinski definition) is 30. The summed E-state index contributed by atoms with van der Waals surface area (Å²) in [6.07, 6.45) is 5.57. The van der Waals surface area contributed by atoms with Gasteiger partial charge in [-0.1, -0.05) is 5.92 Å². The number of carbonyl (C=O) groups is 2. The van der Waals surface area contributed by atoms with Gasteiger partial charge in [-0.3, -0.25) is 9.59 Å². The van der Waals surface area contributed by atoms with Crippen molar-refractivity contribution in [3.8, 4) is 12.3 Å². The summed E-state index contributed by atoms with van der Waals surface area (Å²) in [4.78, 5) is 22.5. The lowest BCUT2D eigenvalue weighted by atomic mass is 10.4. The molecule has 0 atom stereocenters. The Morgan fingerprint density at radius 3 is 0.505 bits per heavy atom. The average Bonchev–Trinajstić information content (AvgIpc) is 3.59. The fourth-order valence-corrected chi connectivity index (χ4v) is 6.64. The van der Waals surface area contributed by atoms with Gasteiger partial charge in [0.25, 0.3) is 0 Å². The molecule has 32 heteroatoms. The molecule has 0 rings (SSSR count). The maximum absolute atomic E-state index is 11.9. The second kappa shape index (κ2) is 87.5. The molecule has 0 unspecified atom stereocenters. The number of carbonyl (C=O) groups excluding carboxylic acids is 2. The smallest absolute Gasteiger partial charge is 0.222 e. The fraction of sp³-hybridized carbons (Fsp3) is 0.937. The summed E-state index contributed by atoms with van der Waals surface area (Å²) < 4.78 is 153. The van der Waals surface area contributed by atoms with Crippen molar-refractivity contribution in [1.29, 1.82) is 0 Å². The van der Waals surface area contributed by atoms with E-state index in [0.717, 1.165) is 0 Å². The minimum atomic E-state index is -0.381. The summed E-state index contributed by atoms with van der Waals surface area (Å²) in [6.45, 7) is 26.0. The second-order valence-electron chi connectivity index (χ2n) is 19.1. The van der Waals surface area contributed by atoms with Crippen molar-refractivity contribution >= 4 is 11.8 Å². The molecule has 0 aliphatic heterocycles. The Morgan fingerprint density at radius 1 is 0.211 bits per heavy atom. The van der Waals surface area contributed by atoms with Crippen LogP contribution in [0.1, 0.15) is 12.8 Å². The maximum atomic E-state index is 11.9. The van der Waals surface area contributed by atoms with E-state index in [0.29, 0.717) is 370 Å². The van der Waals surface area contributed by atoms with Crippen LogP contribution in [0.4, 0.5) is 0 Å². The summed E-state index contributed by atoms with van der Waals surface area (Å²) in [5.74, 6) is 1.91. The maximum Gasteiger partial charge on any atom is 0.222 e.